The van der Waals surface area contributed by atoms with Gasteiger partial charge in [-0.1, -0.05) is 0 Å². The van der Waals surface area contributed by atoms with Gasteiger partial charge in [-0.25, -0.2) is 4.79 Å². The number of carboxylic acid groups (broad SMARTS) is 1. The molecule has 3 unspecified atom stereocenters. The van der Waals surface area contributed by atoms with E-state index in [1.54, 1.807) is 7.11 Å². The van der Waals surface area contributed by atoms with E-state index in [1.807, 2.05) is 0 Å². The quantitative estimate of drug-likeness (QED) is 0.633. The number of rotatable bonds is 2. The topological polar surface area (TPSA) is 65.0 Å². The predicted octanol–water partition coefficient (Wildman–Crippen LogP) is -0.499. The molecule has 0 aromatic rings. The molecule has 2 fully saturated rings. The standard InChI is InChI=1S/C8H12O5/c1-11-8-3-12-2-5(8)6(7(9)10)13-4-8/h5-6H,2-4H2,1H3,(H,9,10). The van der Waals surface area contributed by atoms with Gasteiger partial charge in [0.1, 0.15) is 5.60 Å². The van der Waals surface area contributed by atoms with Crippen LogP contribution in [0.2, 0.25) is 0 Å². The van der Waals surface area contributed by atoms with E-state index in [0.29, 0.717) is 19.8 Å². The molecule has 5 nitrogen and oxygen atoms in total. The zero-order valence-electron chi connectivity index (χ0n) is 7.36. The molecule has 0 radical (unpaired) electrons. The Hall–Kier alpha value is -0.650. The van der Waals surface area contributed by atoms with E-state index in [4.69, 9.17) is 19.3 Å². The highest BCUT2D eigenvalue weighted by molar-refractivity contribution is 5.73. The molecule has 0 aromatic carbocycles. The fourth-order valence-corrected chi connectivity index (χ4v) is 1.99. The van der Waals surface area contributed by atoms with E-state index in [1.165, 1.54) is 0 Å². The van der Waals surface area contributed by atoms with Crippen molar-refractivity contribution in [3.8, 4) is 0 Å². The molecular formula is C8H12O5. The molecule has 0 aliphatic carbocycles. The van der Waals surface area contributed by atoms with Gasteiger partial charge in [-0.2, -0.15) is 0 Å². The van der Waals surface area contributed by atoms with Gasteiger partial charge in [-0.3, -0.25) is 0 Å². The Morgan fingerprint density at radius 3 is 3.00 bits per heavy atom. The van der Waals surface area contributed by atoms with Gasteiger partial charge in [0.2, 0.25) is 0 Å². The number of fused-ring (bicyclic) bond motifs is 1. The second-order valence-corrected chi connectivity index (χ2v) is 3.46. The maximum Gasteiger partial charge on any atom is 0.333 e. The number of carboxylic acids is 1. The zero-order valence-corrected chi connectivity index (χ0v) is 7.36. The van der Waals surface area contributed by atoms with Gasteiger partial charge in [0.25, 0.3) is 0 Å². The van der Waals surface area contributed by atoms with Crippen molar-refractivity contribution in [1.29, 1.82) is 0 Å². The van der Waals surface area contributed by atoms with Crippen LogP contribution < -0.4 is 0 Å². The third kappa shape index (κ3) is 1.15. The van der Waals surface area contributed by atoms with Crippen molar-refractivity contribution in [3.63, 3.8) is 0 Å². The summed E-state index contributed by atoms with van der Waals surface area (Å²) < 4.78 is 15.7. The monoisotopic (exact) mass is 188 g/mol. The van der Waals surface area contributed by atoms with Gasteiger partial charge in [0.05, 0.1) is 25.7 Å². The average Bonchev–Trinajstić information content (AvgIpc) is 2.59. The minimum absolute atomic E-state index is 0.171. The van der Waals surface area contributed by atoms with Crippen molar-refractivity contribution < 1.29 is 24.1 Å². The van der Waals surface area contributed by atoms with Gasteiger partial charge in [-0.05, 0) is 0 Å². The van der Waals surface area contributed by atoms with E-state index >= 15 is 0 Å². The van der Waals surface area contributed by atoms with Crippen molar-refractivity contribution >= 4 is 5.97 Å². The molecule has 13 heavy (non-hydrogen) atoms. The molecule has 5 heteroatoms. The Bertz CT molecular complexity index is 229. The third-order valence-corrected chi connectivity index (χ3v) is 2.84. The van der Waals surface area contributed by atoms with Crippen LogP contribution in [0.3, 0.4) is 0 Å². The smallest absolute Gasteiger partial charge is 0.333 e. The second-order valence-electron chi connectivity index (χ2n) is 3.46. The Morgan fingerprint density at radius 2 is 2.38 bits per heavy atom. The van der Waals surface area contributed by atoms with Crippen LogP contribution in [0, 0.1) is 5.92 Å². The molecule has 2 rings (SSSR count). The maximum absolute atomic E-state index is 10.8. The molecule has 0 aromatic heterocycles. The molecule has 0 amide bonds. The van der Waals surface area contributed by atoms with Crippen LogP contribution in [-0.4, -0.2) is 49.7 Å². The Morgan fingerprint density at radius 1 is 1.62 bits per heavy atom. The number of ether oxygens (including phenoxy) is 3. The highest BCUT2D eigenvalue weighted by Gasteiger charge is 2.56. The molecule has 0 saturated carbocycles. The summed E-state index contributed by atoms with van der Waals surface area (Å²) in [5.74, 6) is -1.11. The molecule has 2 saturated heterocycles. The van der Waals surface area contributed by atoms with Crippen LogP contribution in [0.4, 0.5) is 0 Å². The van der Waals surface area contributed by atoms with Crippen molar-refractivity contribution in [2.75, 3.05) is 26.9 Å². The average molecular weight is 188 g/mol. The summed E-state index contributed by atoms with van der Waals surface area (Å²) in [6.45, 7) is 1.15. The van der Waals surface area contributed by atoms with E-state index in [2.05, 4.69) is 0 Å². The number of methoxy groups -OCH3 is 1. The van der Waals surface area contributed by atoms with Crippen molar-refractivity contribution in [1.82, 2.24) is 0 Å². The lowest BCUT2D eigenvalue weighted by Crippen LogP contribution is -2.41. The van der Waals surface area contributed by atoms with Crippen molar-refractivity contribution in [2.45, 2.75) is 11.7 Å². The first-order valence-corrected chi connectivity index (χ1v) is 4.17. The summed E-state index contributed by atoms with van der Waals surface area (Å²) >= 11 is 0. The number of carbonyl (C=O) groups is 1. The van der Waals surface area contributed by atoms with Crippen LogP contribution in [0.5, 0.6) is 0 Å². The minimum atomic E-state index is -0.936. The number of hydrogen-bond donors (Lipinski definition) is 1. The van der Waals surface area contributed by atoms with E-state index < -0.39 is 17.7 Å². The first-order valence-electron chi connectivity index (χ1n) is 4.17. The third-order valence-electron chi connectivity index (χ3n) is 2.84. The van der Waals surface area contributed by atoms with E-state index in [9.17, 15) is 4.79 Å². The van der Waals surface area contributed by atoms with Crippen LogP contribution in [0.25, 0.3) is 0 Å². The molecule has 2 aliphatic rings. The Balaban J connectivity index is 2.19. The largest absolute Gasteiger partial charge is 0.479 e. The van der Waals surface area contributed by atoms with E-state index in [0.717, 1.165) is 0 Å². The Kier molecular flexibility index (Phi) is 2.02. The highest BCUT2D eigenvalue weighted by atomic mass is 16.6. The summed E-state index contributed by atoms with van der Waals surface area (Å²) in [7, 11) is 1.56. The normalized spacial score (nSPS) is 43.5. The highest BCUT2D eigenvalue weighted by Crippen LogP contribution is 2.38. The molecular weight excluding hydrogens is 176 g/mol. The molecule has 74 valence electrons. The lowest BCUT2D eigenvalue weighted by Gasteiger charge is -2.23. The summed E-state index contributed by atoms with van der Waals surface area (Å²) in [5, 5.41) is 8.83. The minimum Gasteiger partial charge on any atom is -0.479 e. The van der Waals surface area contributed by atoms with Gasteiger partial charge in [0, 0.05) is 7.11 Å². The molecule has 3 atom stereocenters. The van der Waals surface area contributed by atoms with Gasteiger partial charge < -0.3 is 19.3 Å². The SMILES string of the molecule is COC12COCC1C(C(=O)O)OC2. The van der Waals surface area contributed by atoms with Crippen molar-refractivity contribution in [3.05, 3.63) is 0 Å². The van der Waals surface area contributed by atoms with Crippen molar-refractivity contribution in [2.24, 2.45) is 5.92 Å². The van der Waals surface area contributed by atoms with Gasteiger partial charge in [-0.15, -0.1) is 0 Å². The molecule has 2 heterocycles. The fourth-order valence-electron chi connectivity index (χ4n) is 1.99. The van der Waals surface area contributed by atoms with Crippen LogP contribution in [-0.2, 0) is 19.0 Å². The van der Waals surface area contributed by atoms with Crippen LogP contribution in [0.1, 0.15) is 0 Å². The first kappa shape index (κ1) is 8.93. The van der Waals surface area contributed by atoms with Crippen LogP contribution >= 0.6 is 0 Å². The molecule has 0 bridgehead atoms. The maximum atomic E-state index is 10.8. The van der Waals surface area contributed by atoms with E-state index in [-0.39, 0.29) is 5.92 Å². The molecule has 2 aliphatic heterocycles. The lowest BCUT2D eigenvalue weighted by atomic mass is 9.90. The second kappa shape index (κ2) is 2.94. The van der Waals surface area contributed by atoms with Crippen LogP contribution in [0.15, 0.2) is 0 Å². The van der Waals surface area contributed by atoms with Gasteiger partial charge in [0.15, 0.2) is 6.10 Å². The zero-order chi connectivity index (χ0) is 9.47. The lowest BCUT2D eigenvalue weighted by molar-refractivity contribution is -0.149. The number of aliphatic carboxylic acids is 1. The first-order chi connectivity index (χ1) is 6.19. The number of hydrogen-bond acceptors (Lipinski definition) is 4. The fraction of sp³-hybridized carbons (Fsp3) is 0.875. The summed E-state index contributed by atoms with van der Waals surface area (Å²) in [4.78, 5) is 10.8. The summed E-state index contributed by atoms with van der Waals surface area (Å²) in [6.07, 6.45) is -0.776. The summed E-state index contributed by atoms with van der Waals surface area (Å²) in [6, 6.07) is 0. The molecule has 1 N–H and O–H groups in total. The Labute approximate surface area is 75.6 Å². The predicted molar refractivity (Wildman–Crippen MR) is 41.4 cm³/mol. The van der Waals surface area contributed by atoms with Gasteiger partial charge >= 0.3 is 5.97 Å². The summed E-state index contributed by atoms with van der Waals surface area (Å²) in [5.41, 5.74) is -0.525. The molecule has 0 spiro atoms.